The molecule has 168 valence electrons. The number of amides is 2. The predicted molar refractivity (Wildman–Crippen MR) is 119 cm³/mol. The van der Waals surface area contributed by atoms with E-state index in [0.29, 0.717) is 31.0 Å². The van der Waals surface area contributed by atoms with Gasteiger partial charge in [0.15, 0.2) is 5.76 Å². The number of nitrogens with zero attached hydrogens (tertiary/aromatic N) is 1. The van der Waals surface area contributed by atoms with E-state index in [0.717, 1.165) is 12.8 Å². The molecule has 0 saturated carbocycles. The molecule has 1 unspecified atom stereocenters. The summed E-state index contributed by atoms with van der Waals surface area (Å²) in [6, 6.07) is 10.3. The Hall–Kier alpha value is -3.13. The molecule has 0 fully saturated rings. The largest absolute Gasteiger partial charge is 0.486 e. The molecular weight excluding hydrogens is 431 g/mol. The van der Waals surface area contributed by atoms with Crippen LogP contribution in [0.3, 0.4) is 0 Å². The molecule has 0 radical (unpaired) electrons. The van der Waals surface area contributed by atoms with Crippen molar-refractivity contribution in [2.75, 3.05) is 6.54 Å². The number of ether oxygens (including phenoxy) is 1. The average Bonchev–Trinajstić information content (AvgIpc) is 3.47. The lowest BCUT2D eigenvalue weighted by Crippen LogP contribution is -2.49. The normalized spacial score (nSPS) is 14.0. The molecule has 4 rings (SSSR count). The fraction of sp³-hybridized carbons (Fsp3) is 0.333. The van der Waals surface area contributed by atoms with Gasteiger partial charge in [-0.15, -0.1) is 11.3 Å². The number of carbonyl (C=O) groups is 2. The summed E-state index contributed by atoms with van der Waals surface area (Å²) < 4.78 is 24.1. The number of halogens is 1. The Balaban J connectivity index is 1.35. The first-order chi connectivity index (χ1) is 15.5. The number of hydrogen-bond donors (Lipinski definition) is 1. The molecule has 1 aromatic carbocycles. The quantitative estimate of drug-likeness (QED) is 0.540. The van der Waals surface area contributed by atoms with Gasteiger partial charge in [-0.3, -0.25) is 9.59 Å². The number of rotatable bonds is 8. The van der Waals surface area contributed by atoms with Gasteiger partial charge in [-0.05, 0) is 66.2 Å². The van der Waals surface area contributed by atoms with Crippen LogP contribution in [0.5, 0.6) is 5.75 Å². The van der Waals surface area contributed by atoms with Crippen LogP contribution in [0.4, 0.5) is 4.39 Å². The Labute approximate surface area is 190 Å². The van der Waals surface area contributed by atoms with E-state index in [1.165, 1.54) is 34.7 Å². The Morgan fingerprint density at radius 3 is 2.81 bits per heavy atom. The summed E-state index contributed by atoms with van der Waals surface area (Å²) >= 11 is 1.72. The first kappa shape index (κ1) is 22.1. The van der Waals surface area contributed by atoms with Gasteiger partial charge in [-0.25, -0.2) is 4.39 Å². The molecule has 1 N–H and O–H groups in total. The maximum atomic E-state index is 13.1. The molecule has 2 amide bonds. The van der Waals surface area contributed by atoms with E-state index in [4.69, 9.17) is 9.15 Å². The highest BCUT2D eigenvalue weighted by atomic mass is 32.1. The van der Waals surface area contributed by atoms with Crippen LogP contribution in [0.25, 0.3) is 0 Å². The minimum Gasteiger partial charge on any atom is -0.486 e. The summed E-state index contributed by atoms with van der Waals surface area (Å²) in [5, 5.41) is 4.89. The monoisotopic (exact) mass is 456 g/mol. The maximum absolute atomic E-state index is 13.1. The molecule has 0 saturated heterocycles. The van der Waals surface area contributed by atoms with E-state index in [9.17, 15) is 14.0 Å². The number of carbonyl (C=O) groups excluding carboxylic acids is 2. The van der Waals surface area contributed by atoms with Crippen molar-refractivity contribution in [3.8, 4) is 5.75 Å². The topological polar surface area (TPSA) is 71.8 Å². The molecule has 3 aromatic rings. The second-order valence-electron chi connectivity index (χ2n) is 7.70. The van der Waals surface area contributed by atoms with Crippen molar-refractivity contribution >= 4 is 23.2 Å². The Morgan fingerprint density at radius 1 is 1.22 bits per heavy atom. The van der Waals surface area contributed by atoms with Crippen LogP contribution in [0.1, 0.15) is 46.5 Å². The highest BCUT2D eigenvalue weighted by Crippen LogP contribution is 2.25. The average molecular weight is 457 g/mol. The molecule has 0 bridgehead atoms. The zero-order valence-corrected chi connectivity index (χ0v) is 18.6. The third-order valence-corrected chi connectivity index (χ3v) is 6.40. The van der Waals surface area contributed by atoms with E-state index >= 15 is 0 Å². The summed E-state index contributed by atoms with van der Waals surface area (Å²) in [5.74, 6) is 0.235. The number of hydrogen-bond acceptors (Lipinski definition) is 5. The van der Waals surface area contributed by atoms with Gasteiger partial charge in [-0.1, -0.05) is 13.3 Å². The Kier molecular flexibility index (Phi) is 6.90. The fourth-order valence-electron chi connectivity index (χ4n) is 3.70. The van der Waals surface area contributed by atoms with Gasteiger partial charge in [0.05, 0.1) is 0 Å². The standard InChI is InChI=1S/C24H25FN2O4S/c1-2-3-20(24(29)27-12-10-22-16(14-27)11-13-32-22)26-23(28)21-9-8-19(31-21)15-30-18-6-4-17(25)5-7-18/h4-9,11,13,20H,2-3,10,12,14-15H2,1H3,(H,26,28). The molecule has 2 aromatic heterocycles. The summed E-state index contributed by atoms with van der Waals surface area (Å²) in [6.07, 6.45) is 2.17. The van der Waals surface area contributed by atoms with Crippen LogP contribution in [-0.2, 0) is 24.4 Å². The van der Waals surface area contributed by atoms with E-state index in [1.807, 2.05) is 11.8 Å². The number of furan rings is 1. The summed E-state index contributed by atoms with van der Waals surface area (Å²) in [4.78, 5) is 29.0. The van der Waals surface area contributed by atoms with Crippen molar-refractivity contribution in [2.24, 2.45) is 0 Å². The molecule has 1 aliphatic heterocycles. The van der Waals surface area contributed by atoms with Crippen molar-refractivity contribution in [3.63, 3.8) is 0 Å². The number of thiophene rings is 1. The molecule has 1 atom stereocenters. The molecule has 6 nitrogen and oxygen atoms in total. The molecule has 32 heavy (non-hydrogen) atoms. The fourth-order valence-corrected chi connectivity index (χ4v) is 4.58. The van der Waals surface area contributed by atoms with Crippen molar-refractivity contribution in [1.29, 1.82) is 0 Å². The van der Waals surface area contributed by atoms with Crippen LogP contribution < -0.4 is 10.1 Å². The smallest absolute Gasteiger partial charge is 0.287 e. The minimum atomic E-state index is -0.600. The number of nitrogens with one attached hydrogen (secondary N) is 1. The first-order valence-corrected chi connectivity index (χ1v) is 11.5. The second-order valence-corrected chi connectivity index (χ2v) is 8.70. The van der Waals surface area contributed by atoms with E-state index in [1.54, 1.807) is 23.5 Å². The van der Waals surface area contributed by atoms with Crippen LogP contribution in [0.2, 0.25) is 0 Å². The van der Waals surface area contributed by atoms with E-state index < -0.39 is 11.9 Å². The van der Waals surface area contributed by atoms with Gasteiger partial charge >= 0.3 is 0 Å². The first-order valence-electron chi connectivity index (χ1n) is 10.7. The van der Waals surface area contributed by atoms with Crippen LogP contribution in [0, 0.1) is 5.82 Å². The zero-order chi connectivity index (χ0) is 22.5. The van der Waals surface area contributed by atoms with Crippen molar-refractivity contribution in [3.05, 3.63) is 75.6 Å². The summed E-state index contributed by atoms with van der Waals surface area (Å²) in [5.41, 5.74) is 1.19. The maximum Gasteiger partial charge on any atom is 0.287 e. The van der Waals surface area contributed by atoms with Gasteiger partial charge < -0.3 is 19.4 Å². The lowest BCUT2D eigenvalue weighted by molar-refractivity contribution is -0.134. The zero-order valence-electron chi connectivity index (χ0n) is 17.8. The lowest BCUT2D eigenvalue weighted by atomic mass is 10.1. The molecular formula is C24H25FN2O4S. The van der Waals surface area contributed by atoms with Gasteiger partial charge in [-0.2, -0.15) is 0 Å². The van der Waals surface area contributed by atoms with Crippen molar-refractivity contribution in [2.45, 2.75) is 45.4 Å². The SMILES string of the molecule is CCCC(NC(=O)c1ccc(COc2ccc(F)cc2)o1)C(=O)N1CCc2sccc2C1. The van der Waals surface area contributed by atoms with Gasteiger partial charge in [0.1, 0.15) is 30.0 Å². The molecule has 3 heterocycles. The van der Waals surface area contributed by atoms with E-state index in [2.05, 4.69) is 16.8 Å². The Bertz CT molecular complexity index is 1080. The Morgan fingerprint density at radius 2 is 2.03 bits per heavy atom. The number of benzene rings is 1. The van der Waals surface area contributed by atoms with E-state index in [-0.39, 0.29) is 24.1 Å². The van der Waals surface area contributed by atoms with Crippen LogP contribution in [0.15, 0.2) is 52.3 Å². The van der Waals surface area contributed by atoms with Crippen molar-refractivity contribution < 1.29 is 23.1 Å². The van der Waals surface area contributed by atoms with Crippen LogP contribution >= 0.6 is 11.3 Å². The predicted octanol–water partition coefficient (Wildman–Crippen LogP) is 4.54. The summed E-state index contributed by atoms with van der Waals surface area (Å²) in [6.45, 7) is 3.33. The van der Waals surface area contributed by atoms with Gasteiger partial charge in [0.25, 0.3) is 5.91 Å². The second kappa shape index (κ2) is 9.99. The third-order valence-electron chi connectivity index (χ3n) is 5.38. The highest BCUT2D eigenvalue weighted by molar-refractivity contribution is 7.10. The molecule has 0 spiro atoms. The minimum absolute atomic E-state index is 0.0662. The lowest BCUT2D eigenvalue weighted by Gasteiger charge is -2.30. The highest BCUT2D eigenvalue weighted by Gasteiger charge is 2.29. The molecule has 1 aliphatic rings. The third kappa shape index (κ3) is 5.19. The summed E-state index contributed by atoms with van der Waals surface area (Å²) in [7, 11) is 0. The molecule has 8 heteroatoms. The van der Waals surface area contributed by atoms with Crippen molar-refractivity contribution in [1.82, 2.24) is 10.2 Å². The van der Waals surface area contributed by atoms with Gasteiger partial charge in [0.2, 0.25) is 5.91 Å². The number of fused-ring (bicyclic) bond motifs is 1. The molecule has 0 aliphatic carbocycles. The van der Waals surface area contributed by atoms with Crippen LogP contribution in [-0.4, -0.2) is 29.3 Å². The van der Waals surface area contributed by atoms with Gasteiger partial charge in [0, 0.05) is 18.0 Å².